The van der Waals surface area contributed by atoms with Gasteiger partial charge in [-0.2, -0.15) is 0 Å². The van der Waals surface area contributed by atoms with Gasteiger partial charge >= 0.3 is 5.97 Å². The lowest BCUT2D eigenvalue weighted by atomic mass is 10.1. The maximum Gasteiger partial charge on any atom is 0.337 e. The maximum atomic E-state index is 11.8. The molecule has 1 aliphatic heterocycles. The van der Waals surface area contributed by atoms with Crippen LogP contribution in [0.2, 0.25) is 0 Å². The van der Waals surface area contributed by atoms with Crippen LogP contribution in [0.4, 0.5) is 17.1 Å². The Morgan fingerprint density at radius 3 is 2.22 bits per heavy atom. The molecular formula is C19H21N3O5. The Kier molecular flexibility index (Phi) is 5.44. The minimum absolute atomic E-state index is 0.0200. The van der Waals surface area contributed by atoms with Gasteiger partial charge in [0.15, 0.2) is 0 Å². The highest BCUT2D eigenvalue weighted by Crippen LogP contribution is 2.33. The Hall–Kier alpha value is -3.29. The molecule has 1 aliphatic rings. The van der Waals surface area contributed by atoms with E-state index in [4.69, 9.17) is 9.47 Å². The van der Waals surface area contributed by atoms with E-state index in [1.54, 1.807) is 7.11 Å². The molecule has 1 fully saturated rings. The molecule has 0 aromatic heterocycles. The highest BCUT2D eigenvalue weighted by atomic mass is 16.6. The van der Waals surface area contributed by atoms with Crippen molar-refractivity contribution in [2.45, 2.75) is 0 Å². The standard InChI is InChI=1S/C19H21N3O5/c1-26-18-6-4-3-5-16(18)20-9-11-21(12-10-20)17-13-14(19(23)27-2)7-8-15(17)22(24)25/h3-8,13H,9-12H2,1-2H3. The number of nitro groups is 1. The van der Waals surface area contributed by atoms with Gasteiger partial charge in [0.2, 0.25) is 0 Å². The molecule has 1 heterocycles. The van der Waals surface area contributed by atoms with Crippen LogP contribution in [-0.4, -0.2) is 51.3 Å². The Morgan fingerprint density at radius 2 is 1.63 bits per heavy atom. The fourth-order valence-corrected chi connectivity index (χ4v) is 3.26. The second kappa shape index (κ2) is 7.94. The van der Waals surface area contributed by atoms with Crippen LogP contribution in [0, 0.1) is 10.1 Å². The number of hydrogen-bond acceptors (Lipinski definition) is 7. The van der Waals surface area contributed by atoms with Gasteiger partial charge in [-0.05, 0) is 24.3 Å². The number of hydrogen-bond donors (Lipinski definition) is 0. The van der Waals surface area contributed by atoms with Crippen LogP contribution >= 0.6 is 0 Å². The molecule has 3 rings (SSSR count). The molecule has 0 radical (unpaired) electrons. The molecular weight excluding hydrogens is 350 g/mol. The van der Waals surface area contributed by atoms with Crippen molar-refractivity contribution in [2.24, 2.45) is 0 Å². The molecule has 1 saturated heterocycles. The van der Waals surface area contributed by atoms with Crippen LogP contribution in [0.5, 0.6) is 5.75 Å². The van der Waals surface area contributed by atoms with Crippen molar-refractivity contribution >= 4 is 23.0 Å². The largest absolute Gasteiger partial charge is 0.495 e. The molecule has 0 aliphatic carbocycles. The molecule has 2 aromatic carbocycles. The van der Waals surface area contributed by atoms with Crippen molar-refractivity contribution in [1.29, 1.82) is 0 Å². The summed E-state index contributed by atoms with van der Waals surface area (Å²) in [6, 6.07) is 12.1. The molecule has 8 nitrogen and oxygen atoms in total. The SMILES string of the molecule is COC(=O)c1ccc([N+](=O)[O-])c(N2CCN(c3ccccc3OC)CC2)c1. The van der Waals surface area contributed by atoms with Crippen LogP contribution in [-0.2, 0) is 4.74 Å². The molecule has 0 bridgehead atoms. The Balaban J connectivity index is 1.83. The van der Waals surface area contributed by atoms with E-state index in [0.717, 1.165) is 11.4 Å². The van der Waals surface area contributed by atoms with Crippen LogP contribution < -0.4 is 14.5 Å². The van der Waals surface area contributed by atoms with Gasteiger partial charge in [0.25, 0.3) is 5.69 Å². The van der Waals surface area contributed by atoms with Crippen LogP contribution in [0.25, 0.3) is 0 Å². The number of esters is 1. The molecule has 0 amide bonds. The Bertz CT molecular complexity index is 847. The fourth-order valence-electron chi connectivity index (χ4n) is 3.26. The van der Waals surface area contributed by atoms with Gasteiger partial charge < -0.3 is 19.3 Å². The predicted molar refractivity (Wildman–Crippen MR) is 102 cm³/mol. The lowest BCUT2D eigenvalue weighted by Crippen LogP contribution is -2.46. The zero-order valence-electron chi connectivity index (χ0n) is 15.3. The number of para-hydroxylation sites is 2. The monoisotopic (exact) mass is 371 g/mol. The highest BCUT2D eigenvalue weighted by Gasteiger charge is 2.26. The fraction of sp³-hybridized carbons (Fsp3) is 0.316. The Morgan fingerprint density at radius 1 is 1.00 bits per heavy atom. The first-order chi connectivity index (χ1) is 13.0. The number of nitro benzene ring substituents is 1. The zero-order chi connectivity index (χ0) is 19.4. The normalized spacial score (nSPS) is 14.0. The van der Waals surface area contributed by atoms with Crippen molar-refractivity contribution < 1.29 is 19.2 Å². The molecule has 8 heteroatoms. The lowest BCUT2D eigenvalue weighted by Gasteiger charge is -2.37. The van der Waals surface area contributed by atoms with E-state index in [1.165, 1.54) is 25.3 Å². The molecule has 0 unspecified atom stereocenters. The minimum atomic E-state index is -0.515. The van der Waals surface area contributed by atoms with Crippen molar-refractivity contribution in [3.8, 4) is 5.75 Å². The number of piperazine rings is 1. The number of nitrogens with zero attached hydrogens (tertiary/aromatic N) is 3. The lowest BCUT2D eigenvalue weighted by molar-refractivity contribution is -0.384. The topological polar surface area (TPSA) is 85.1 Å². The average molecular weight is 371 g/mol. The third kappa shape index (κ3) is 3.79. The second-order valence-electron chi connectivity index (χ2n) is 6.10. The van der Waals surface area contributed by atoms with Gasteiger partial charge in [-0.1, -0.05) is 12.1 Å². The van der Waals surface area contributed by atoms with Crippen LogP contribution in [0.15, 0.2) is 42.5 Å². The third-order valence-electron chi connectivity index (χ3n) is 4.64. The quantitative estimate of drug-likeness (QED) is 0.454. The summed E-state index contributed by atoms with van der Waals surface area (Å²) in [7, 11) is 2.92. The summed E-state index contributed by atoms with van der Waals surface area (Å²) in [5.41, 5.74) is 1.71. The number of ether oxygens (including phenoxy) is 2. The molecule has 0 N–H and O–H groups in total. The summed E-state index contributed by atoms with van der Waals surface area (Å²) in [5.74, 6) is 0.281. The maximum absolute atomic E-state index is 11.8. The van der Waals surface area contributed by atoms with Crippen molar-refractivity contribution in [3.05, 3.63) is 58.1 Å². The summed E-state index contributed by atoms with van der Waals surface area (Å²) in [5, 5.41) is 11.4. The van der Waals surface area contributed by atoms with Crippen molar-refractivity contribution in [3.63, 3.8) is 0 Å². The number of carbonyl (C=O) groups is 1. The van der Waals surface area contributed by atoms with Gasteiger partial charge in [-0.3, -0.25) is 10.1 Å². The van der Waals surface area contributed by atoms with E-state index in [-0.39, 0.29) is 5.69 Å². The first kappa shape index (κ1) is 18.5. The van der Waals surface area contributed by atoms with E-state index in [9.17, 15) is 14.9 Å². The van der Waals surface area contributed by atoms with E-state index >= 15 is 0 Å². The summed E-state index contributed by atoms with van der Waals surface area (Å²) in [6.45, 7) is 2.53. The Labute approximate surface area is 157 Å². The van der Waals surface area contributed by atoms with E-state index < -0.39 is 10.9 Å². The van der Waals surface area contributed by atoms with Crippen molar-refractivity contribution in [1.82, 2.24) is 0 Å². The van der Waals surface area contributed by atoms with E-state index in [0.29, 0.717) is 37.4 Å². The predicted octanol–water partition coefficient (Wildman–Crippen LogP) is 2.72. The number of methoxy groups -OCH3 is 2. The van der Waals surface area contributed by atoms with Crippen LogP contribution in [0.3, 0.4) is 0 Å². The first-order valence-corrected chi connectivity index (χ1v) is 8.55. The molecule has 0 spiro atoms. The summed E-state index contributed by atoms with van der Waals surface area (Å²) >= 11 is 0. The van der Waals surface area contributed by atoms with Crippen molar-refractivity contribution in [2.75, 3.05) is 50.2 Å². The first-order valence-electron chi connectivity index (χ1n) is 8.55. The molecule has 0 saturated carbocycles. The van der Waals surface area contributed by atoms with E-state index in [1.807, 2.05) is 29.2 Å². The van der Waals surface area contributed by atoms with Gasteiger partial charge in [0, 0.05) is 32.2 Å². The van der Waals surface area contributed by atoms with Gasteiger partial charge in [-0.25, -0.2) is 4.79 Å². The summed E-state index contributed by atoms with van der Waals surface area (Å²) in [6.07, 6.45) is 0. The summed E-state index contributed by atoms with van der Waals surface area (Å²) < 4.78 is 10.1. The third-order valence-corrected chi connectivity index (χ3v) is 4.64. The minimum Gasteiger partial charge on any atom is -0.495 e. The molecule has 2 aromatic rings. The van der Waals surface area contributed by atoms with Gasteiger partial charge in [0.05, 0.1) is 30.4 Å². The number of rotatable bonds is 5. The number of benzene rings is 2. The van der Waals surface area contributed by atoms with Gasteiger partial charge in [0.1, 0.15) is 11.4 Å². The molecule has 142 valence electrons. The van der Waals surface area contributed by atoms with E-state index in [2.05, 4.69) is 4.90 Å². The van der Waals surface area contributed by atoms with Crippen LogP contribution in [0.1, 0.15) is 10.4 Å². The highest BCUT2D eigenvalue weighted by molar-refractivity contribution is 5.91. The second-order valence-corrected chi connectivity index (χ2v) is 6.10. The molecule has 27 heavy (non-hydrogen) atoms. The number of carbonyl (C=O) groups excluding carboxylic acids is 1. The summed E-state index contributed by atoms with van der Waals surface area (Å²) in [4.78, 5) is 26.9. The number of anilines is 2. The zero-order valence-corrected chi connectivity index (χ0v) is 15.3. The molecule has 0 atom stereocenters. The van der Waals surface area contributed by atoms with Gasteiger partial charge in [-0.15, -0.1) is 0 Å². The smallest absolute Gasteiger partial charge is 0.337 e. The average Bonchev–Trinajstić information content (AvgIpc) is 2.72.